The summed E-state index contributed by atoms with van der Waals surface area (Å²) in [6.07, 6.45) is 1.26. The summed E-state index contributed by atoms with van der Waals surface area (Å²) in [6.45, 7) is 2.82. The number of benzene rings is 1. The van der Waals surface area contributed by atoms with Gasteiger partial charge in [0.25, 0.3) is 0 Å². The molecule has 1 heterocycles. The molecule has 7 nitrogen and oxygen atoms in total. The zero-order valence-corrected chi connectivity index (χ0v) is 13.2. The molecule has 1 aliphatic heterocycles. The number of rotatable bonds is 5. The van der Waals surface area contributed by atoms with Crippen LogP contribution in [0.5, 0.6) is 0 Å². The molecule has 23 heavy (non-hydrogen) atoms. The van der Waals surface area contributed by atoms with Crippen molar-refractivity contribution < 1.29 is 14.4 Å². The number of amides is 4. The first-order valence-electron chi connectivity index (χ1n) is 7.69. The van der Waals surface area contributed by atoms with E-state index in [1.165, 1.54) is 0 Å². The lowest BCUT2D eigenvalue weighted by atomic mass is 9.93. The number of imide groups is 1. The summed E-state index contributed by atoms with van der Waals surface area (Å²) in [5.74, 6) is -0.924. The van der Waals surface area contributed by atoms with E-state index >= 15 is 0 Å². The van der Waals surface area contributed by atoms with Crippen molar-refractivity contribution in [1.29, 1.82) is 0 Å². The molecule has 0 spiro atoms. The maximum absolute atomic E-state index is 12.0. The number of urea groups is 1. The normalized spacial score (nSPS) is 17.2. The second-order valence-electron chi connectivity index (χ2n) is 5.60. The molecular formula is C16H22N4O3. The van der Waals surface area contributed by atoms with E-state index < -0.39 is 23.9 Å². The van der Waals surface area contributed by atoms with Crippen molar-refractivity contribution in [3.63, 3.8) is 0 Å². The summed E-state index contributed by atoms with van der Waals surface area (Å²) in [7, 11) is 0. The maximum Gasteiger partial charge on any atom is 0.321 e. The van der Waals surface area contributed by atoms with Crippen molar-refractivity contribution >= 4 is 17.8 Å². The van der Waals surface area contributed by atoms with Crippen LogP contribution in [0.3, 0.4) is 0 Å². The summed E-state index contributed by atoms with van der Waals surface area (Å²) in [4.78, 5) is 36.9. The molecule has 0 bridgehead atoms. The Morgan fingerprint density at radius 2 is 1.96 bits per heavy atom. The molecule has 2 rings (SSSR count). The van der Waals surface area contributed by atoms with Crippen molar-refractivity contribution in [2.45, 2.75) is 32.4 Å². The van der Waals surface area contributed by atoms with Gasteiger partial charge < -0.3 is 11.1 Å². The second kappa shape index (κ2) is 7.73. The molecule has 1 atom stereocenters. The van der Waals surface area contributed by atoms with Crippen molar-refractivity contribution in [1.82, 2.24) is 15.5 Å². The Morgan fingerprint density at radius 3 is 2.61 bits per heavy atom. The number of carbonyl (C=O) groups excluding carboxylic acids is 3. The first-order chi connectivity index (χ1) is 11.0. The molecule has 0 aliphatic carbocycles. The smallest absolute Gasteiger partial charge is 0.321 e. The fourth-order valence-corrected chi connectivity index (χ4v) is 2.66. The molecule has 124 valence electrons. The Kier molecular flexibility index (Phi) is 5.70. The highest BCUT2D eigenvalue weighted by Gasteiger charge is 2.31. The zero-order chi connectivity index (χ0) is 16.8. The van der Waals surface area contributed by atoms with Gasteiger partial charge in [0.2, 0.25) is 11.8 Å². The number of nitrogens with one attached hydrogen (secondary N) is 2. The summed E-state index contributed by atoms with van der Waals surface area (Å²) in [5, 5.41) is 4.83. The Bertz CT molecular complexity index is 603. The molecule has 0 saturated carbocycles. The van der Waals surface area contributed by atoms with Gasteiger partial charge in [-0.05, 0) is 24.0 Å². The lowest BCUT2D eigenvalue weighted by molar-refractivity contribution is -0.127. The Hall–Kier alpha value is -2.41. The molecule has 1 aliphatic rings. The van der Waals surface area contributed by atoms with E-state index in [4.69, 9.17) is 5.73 Å². The Labute approximate surface area is 135 Å². The van der Waals surface area contributed by atoms with Crippen LogP contribution in [0.2, 0.25) is 0 Å². The third kappa shape index (κ3) is 4.53. The topological polar surface area (TPSA) is 105 Å². The van der Waals surface area contributed by atoms with Gasteiger partial charge in [-0.25, -0.2) is 4.79 Å². The van der Waals surface area contributed by atoms with E-state index in [9.17, 15) is 14.4 Å². The summed E-state index contributed by atoms with van der Waals surface area (Å²) < 4.78 is 0. The lowest BCUT2D eigenvalue weighted by Gasteiger charge is -2.34. The number of fused-ring (bicyclic) bond motifs is 1. The molecule has 0 aromatic heterocycles. The van der Waals surface area contributed by atoms with E-state index in [1.807, 2.05) is 31.2 Å². The number of nitrogens with two attached hydrogens (primary N) is 1. The highest BCUT2D eigenvalue weighted by atomic mass is 16.2. The summed E-state index contributed by atoms with van der Waals surface area (Å²) in [6, 6.07) is 6.68. The van der Waals surface area contributed by atoms with Gasteiger partial charge in [-0.1, -0.05) is 31.2 Å². The predicted octanol–water partition coefficient (Wildman–Crippen LogP) is 0.134. The van der Waals surface area contributed by atoms with Gasteiger partial charge in [0, 0.05) is 13.1 Å². The third-order valence-corrected chi connectivity index (χ3v) is 3.81. The monoisotopic (exact) mass is 318 g/mol. The largest absolute Gasteiger partial charge is 0.368 e. The van der Waals surface area contributed by atoms with E-state index in [0.29, 0.717) is 19.5 Å². The average Bonchev–Trinajstić information content (AvgIpc) is 2.51. The molecule has 0 saturated heterocycles. The Morgan fingerprint density at radius 1 is 1.26 bits per heavy atom. The Balaban J connectivity index is 2.01. The maximum atomic E-state index is 12.0. The van der Waals surface area contributed by atoms with Crippen molar-refractivity contribution in [3.8, 4) is 0 Å². The van der Waals surface area contributed by atoms with Gasteiger partial charge in [0.05, 0.1) is 12.6 Å². The fourth-order valence-electron chi connectivity index (χ4n) is 2.66. The van der Waals surface area contributed by atoms with E-state index in [-0.39, 0.29) is 6.54 Å². The van der Waals surface area contributed by atoms with Crippen LogP contribution in [0.1, 0.15) is 24.5 Å². The second-order valence-corrected chi connectivity index (χ2v) is 5.60. The van der Waals surface area contributed by atoms with Crippen LogP contribution in [0, 0.1) is 0 Å². The van der Waals surface area contributed by atoms with Crippen LogP contribution in [-0.4, -0.2) is 41.9 Å². The number of carbonyl (C=O) groups is 3. The van der Waals surface area contributed by atoms with Crippen LogP contribution in [-0.2, 0) is 22.6 Å². The molecule has 1 aromatic carbocycles. The van der Waals surface area contributed by atoms with Crippen LogP contribution in [0.4, 0.5) is 4.79 Å². The number of hydrogen-bond donors (Lipinski definition) is 3. The molecule has 4 amide bonds. The average molecular weight is 318 g/mol. The standard InChI is InChI=1S/C16H22N4O3/c1-2-7-18-16(23)19-14(21)10-20-9-12-6-4-3-5-11(12)8-13(20)15(17)22/h3-6,13H,2,7-10H2,1H3,(H2,17,22)(H2,18,19,21,23)/t13-/m0/s1. The van der Waals surface area contributed by atoms with Crippen LogP contribution >= 0.6 is 0 Å². The predicted molar refractivity (Wildman–Crippen MR) is 85.4 cm³/mol. The minimum absolute atomic E-state index is 0.0541. The summed E-state index contributed by atoms with van der Waals surface area (Å²) in [5.41, 5.74) is 7.59. The molecule has 0 radical (unpaired) electrons. The number of nitrogens with zero attached hydrogens (tertiary/aromatic N) is 1. The van der Waals surface area contributed by atoms with Crippen molar-refractivity contribution in [3.05, 3.63) is 35.4 Å². The van der Waals surface area contributed by atoms with Gasteiger partial charge in [-0.3, -0.25) is 19.8 Å². The van der Waals surface area contributed by atoms with E-state index in [0.717, 1.165) is 17.5 Å². The lowest BCUT2D eigenvalue weighted by Crippen LogP contribution is -2.53. The zero-order valence-electron chi connectivity index (χ0n) is 13.2. The van der Waals surface area contributed by atoms with Gasteiger partial charge in [0.1, 0.15) is 0 Å². The third-order valence-electron chi connectivity index (χ3n) is 3.81. The van der Waals surface area contributed by atoms with Gasteiger partial charge >= 0.3 is 6.03 Å². The van der Waals surface area contributed by atoms with Gasteiger partial charge in [-0.15, -0.1) is 0 Å². The molecule has 4 N–H and O–H groups in total. The highest BCUT2D eigenvalue weighted by molar-refractivity contribution is 5.95. The van der Waals surface area contributed by atoms with E-state index in [1.54, 1.807) is 4.90 Å². The molecule has 7 heteroatoms. The van der Waals surface area contributed by atoms with Crippen molar-refractivity contribution in [2.75, 3.05) is 13.1 Å². The van der Waals surface area contributed by atoms with Crippen LogP contribution in [0.25, 0.3) is 0 Å². The van der Waals surface area contributed by atoms with Gasteiger partial charge in [-0.2, -0.15) is 0 Å². The number of hydrogen-bond acceptors (Lipinski definition) is 4. The van der Waals surface area contributed by atoms with Crippen LogP contribution in [0.15, 0.2) is 24.3 Å². The minimum atomic E-state index is -0.547. The molecule has 0 fully saturated rings. The van der Waals surface area contributed by atoms with E-state index in [2.05, 4.69) is 10.6 Å². The van der Waals surface area contributed by atoms with Gasteiger partial charge in [0.15, 0.2) is 0 Å². The first-order valence-corrected chi connectivity index (χ1v) is 7.69. The highest BCUT2D eigenvalue weighted by Crippen LogP contribution is 2.22. The first kappa shape index (κ1) is 17.0. The van der Waals surface area contributed by atoms with Crippen molar-refractivity contribution in [2.24, 2.45) is 5.73 Å². The molecule has 1 aromatic rings. The minimum Gasteiger partial charge on any atom is -0.368 e. The number of primary amides is 1. The van der Waals surface area contributed by atoms with Crippen LogP contribution < -0.4 is 16.4 Å². The molecular weight excluding hydrogens is 296 g/mol. The molecule has 0 unspecified atom stereocenters. The fraction of sp³-hybridized carbons (Fsp3) is 0.438. The summed E-state index contributed by atoms with van der Waals surface area (Å²) >= 11 is 0. The SMILES string of the molecule is CCCNC(=O)NC(=O)CN1Cc2ccccc2C[C@H]1C(N)=O. The quantitative estimate of drug-likeness (QED) is 0.718.